The molecule has 12 heteroatoms. The second kappa shape index (κ2) is 8.81. The highest BCUT2D eigenvalue weighted by atomic mass is 19.4. The Kier molecular flexibility index (Phi) is 5.88. The molecule has 2 aromatic carbocycles. The van der Waals surface area contributed by atoms with E-state index in [9.17, 15) is 22.8 Å². The van der Waals surface area contributed by atoms with Gasteiger partial charge in [0.2, 0.25) is 0 Å². The van der Waals surface area contributed by atoms with Gasteiger partial charge >= 0.3 is 6.18 Å². The molecule has 0 saturated carbocycles. The summed E-state index contributed by atoms with van der Waals surface area (Å²) in [5, 5.41) is 7.49. The fraction of sp³-hybridized carbons (Fsp3) is 0.136. The Morgan fingerprint density at radius 1 is 1.03 bits per heavy atom. The van der Waals surface area contributed by atoms with Crippen molar-refractivity contribution in [1.82, 2.24) is 24.5 Å². The number of primary amides is 1. The number of imidazole rings is 1. The lowest BCUT2D eigenvalue weighted by atomic mass is 9.99. The van der Waals surface area contributed by atoms with Crippen LogP contribution < -0.4 is 11.5 Å². The van der Waals surface area contributed by atoms with Crippen LogP contribution in [-0.2, 0) is 23.8 Å². The summed E-state index contributed by atoms with van der Waals surface area (Å²) < 4.78 is 42.4. The van der Waals surface area contributed by atoms with Crippen LogP contribution in [0.25, 0.3) is 11.4 Å². The van der Waals surface area contributed by atoms with Gasteiger partial charge < -0.3 is 11.5 Å². The molecule has 0 fully saturated rings. The van der Waals surface area contributed by atoms with E-state index in [0.717, 1.165) is 12.1 Å². The highest BCUT2D eigenvalue weighted by molar-refractivity contribution is 5.95. The highest BCUT2D eigenvalue weighted by Crippen LogP contribution is 2.31. The van der Waals surface area contributed by atoms with Crippen LogP contribution in [0.4, 0.5) is 19.0 Å². The first kappa shape index (κ1) is 22.7. The zero-order valence-electron chi connectivity index (χ0n) is 17.5. The number of carbonyl (C=O) groups excluding carboxylic acids is 2. The highest BCUT2D eigenvalue weighted by Gasteiger charge is 2.31. The normalized spacial score (nSPS) is 11.5. The van der Waals surface area contributed by atoms with E-state index >= 15 is 0 Å². The molecule has 4 aromatic rings. The standard InChI is InChI=1S/C22H18F3N7O2/c23-22(24,25)15-3-6-18(32-8-7-29-30-32)14(10-15)11-17(33)9-13-1-4-16(5-2-13)31-12-28-19(20(31)26)21(27)34/h1-8,10,12H,9,11,26H2,(H2,27,34). The monoisotopic (exact) mass is 469 g/mol. The van der Waals surface area contributed by atoms with E-state index in [0.29, 0.717) is 16.9 Å². The van der Waals surface area contributed by atoms with Crippen molar-refractivity contribution in [3.8, 4) is 11.4 Å². The number of nitrogens with zero attached hydrogens (tertiary/aromatic N) is 5. The van der Waals surface area contributed by atoms with Crippen molar-refractivity contribution in [2.75, 3.05) is 5.73 Å². The molecule has 4 rings (SSSR count). The quantitative estimate of drug-likeness (QED) is 0.427. The molecule has 2 aromatic heterocycles. The van der Waals surface area contributed by atoms with Gasteiger partial charge in [0.15, 0.2) is 5.69 Å². The molecule has 0 radical (unpaired) electrons. The van der Waals surface area contributed by atoms with Crippen molar-refractivity contribution in [1.29, 1.82) is 0 Å². The van der Waals surface area contributed by atoms with Crippen LogP contribution >= 0.6 is 0 Å². The Morgan fingerprint density at radius 2 is 1.76 bits per heavy atom. The van der Waals surface area contributed by atoms with Crippen LogP contribution in [0.1, 0.15) is 27.2 Å². The molecule has 1 amide bonds. The summed E-state index contributed by atoms with van der Waals surface area (Å²) >= 11 is 0. The number of carbonyl (C=O) groups is 2. The van der Waals surface area contributed by atoms with Crippen LogP contribution in [-0.4, -0.2) is 36.2 Å². The molecule has 0 saturated heterocycles. The Bertz CT molecular complexity index is 1340. The smallest absolute Gasteiger partial charge is 0.383 e. The molecule has 0 spiro atoms. The minimum absolute atomic E-state index is 0.000725. The average molecular weight is 469 g/mol. The largest absolute Gasteiger partial charge is 0.416 e. The molecule has 174 valence electrons. The Balaban J connectivity index is 1.53. The van der Waals surface area contributed by atoms with E-state index < -0.39 is 17.6 Å². The molecule has 0 bridgehead atoms. The number of Topliss-reactive ketones (excluding diaryl/α,β-unsaturated/α-hetero) is 1. The van der Waals surface area contributed by atoms with Gasteiger partial charge in [-0.1, -0.05) is 17.3 Å². The fourth-order valence-corrected chi connectivity index (χ4v) is 3.49. The number of nitrogen functional groups attached to an aromatic ring is 1. The first-order valence-electron chi connectivity index (χ1n) is 9.94. The molecular formula is C22H18F3N7O2. The van der Waals surface area contributed by atoms with Crippen LogP contribution in [0.3, 0.4) is 0 Å². The van der Waals surface area contributed by atoms with Crippen LogP contribution in [0, 0.1) is 0 Å². The lowest BCUT2D eigenvalue weighted by molar-refractivity contribution is -0.137. The summed E-state index contributed by atoms with van der Waals surface area (Å²) in [5.41, 5.74) is 12.0. The molecule has 0 aliphatic rings. The molecule has 9 nitrogen and oxygen atoms in total. The number of aromatic nitrogens is 5. The minimum atomic E-state index is -4.54. The summed E-state index contributed by atoms with van der Waals surface area (Å²) in [6, 6.07) is 9.88. The number of benzene rings is 2. The topological polar surface area (TPSA) is 135 Å². The third-order valence-corrected chi connectivity index (χ3v) is 5.12. The summed E-state index contributed by atoms with van der Waals surface area (Å²) in [5.74, 6) is -0.952. The number of nitrogens with two attached hydrogens (primary N) is 2. The van der Waals surface area contributed by atoms with Crippen molar-refractivity contribution in [2.24, 2.45) is 5.73 Å². The van der Waals surface area contributed by atoms with Crippen LogP contribution in [0.5, 0.6) is 0 Å². The van der Waals surface area contributed by atoms with Gasteiger partial charge in [-0.25, -0.2) is 9.67 Å². The summed E-state index contributed by atoms with van der Waals surface area (Å²) in [7, 11) is 0. The van der Waals surface area contributed by atoms with Crippen molar-refractivity contribution in [3.05, 3.63) is 83.6 Å². The minimum Gasteiger partial charge on any atom is -0.383 e. The lowest BCUT2D eigenvalue weighted by Crippen LogP contribution is -2.14. The van der Waals surface area contributed by atoms with Gasteiger partial charge in [0.05, 0.1) is 23.6 Å². The zero-order valence-corrected chi connectivity index (χ0v) is 17.5. The maximum atomic E-state index is 13.2. The molecule has 0 unspecified atom stereocenters. The Morgan fingerprint density at radius 3 is 2.35 bits per heavy atom. The summed E-state index contributed by atoms with van der Waals surface area (Å²) in [6.45, 7) is 0. The second-order valence-corrected chi connectivity index (χ2v) is 7.46. The summed E-state index contributed by atoms with van der Waals surface area (Å²) in [4.78, 5) is 27.9. The summed E-state index contributed by atoms with van der Waals surface area (Å²) in [6.07, 6.45) is -0.533. The first-order chi connectivity index (χ1) is 16.1. The van der Waals surface area contributed by atoms with E-state index in [1.54, 1.807) is 24.3 Å². The molecule has 0 aliphatic heterocycles. The van der Waals surface area contributed by atoms with Crippen LogP contribution in [0.15, 0.2) is 61.2 Å². The number of rotatable bonds is 7. The maximum Gasteiger partial charge on any atom is 0.416 e. The van der Waals surface area contributed by atoms with Crippen molar-refractivity contribution >= 4 is 17.5 Å². The number of halogens is 3. The number of alkyl halides is 3. The lowest BCUT2D eigenvalue weighted by Gasteiger charge is -2.13. The first-order valence-corrected chi connectivity index (χ1v) is 9.94. The molecule has 0 aliphatic carbocycles. The number of amides is 1. The van der Waals surface area contributed by atoms with Gasteiger partial charge in [-0.2, -0.15) is 13.2 Å². The van der Waals surface area contributed by atoms with Gasteiger partial charge in [-0.05, 0) is 41.5 Å². The van der Waals surface area contributed by atoms with Gasteiger partial charge in [0.1, 0.15) is 17.9 Å². The molecular weight excluding hydrogens is 451 g/mol. The number of hydrogen-bond donors (Lipinski definition) is 2. The third-order valence-electron chi connectivity index (χ3n) is 5.12. The number of hydrogen-bond acceptors (Lipinski definition) is 6. The SMILES string of the molecule is NC(=O)c1ncn(-c2ccc(CC(=O)Cc3cc(C(F)(F)F)ccc3-n3ccnn3)cc2)c1N. The molecule has 2 heterocycles. The second-order valence-electron chi connectivity index (χ2n) is 7.46. The predicted octanol–water partition coefficient (Wildman–Crippen LogP) is 2.51. The number of ketones is 1. The van der Waals surface area contributed by atoms with Gasteiger partial charge in [-0.3, -0.25) is 14.2 Å². The molecule has 34 heavy (non-hydrogen) atoms. The van der Waals surface area contributed by atoms with E-state index in [1.165, 1.54) is 34.0 Å². The van der Waals surface area contributed by atoms with E-state index in [-0.39, 0.29) is 35.7 Å². The predicted molar refractivity (Wildman–Crippen MR) is 115 cm³/mol. The molecule has 0 atom stereocenters. The fourth-order valence-electron chi connectivity index (χ4n) is 3.49. The number of anilines is 1. The van der Waals surface area contributed by atoms with Gasteiger partial charge in [0.25, 0.3) is 5.91 Å². The van der Waals surface area contributed by atoms with Crippen LogP contribution in [0.2, 0.25) is 0 Å². The Hall–Kier alpha value is -4.48. The van der Waals surface area contributed by atoms with E-state index in [4.69, 9.17) is 11.5 Å². The average Bonchev–Trinajstić information content (AvgIpc) is 3.44. The zero-order chi connectivity index (χ0) is 24.5. The maximum absolute atomic E-state index is 13.2. The van der Waals surface area contributed by atoms with Gasteiger partial charge in [-0.15, -0.1) is 5.10 Å². The van der Waals surface area contributed by atoms with Crippen molar-refractivity contribution in [3.63, 3.8) is 0 Å². The van der Waals surface area contributed by atoms with E-state index in [1.807, 2.05) is 0 Å². The van der Waals surface area contributed by atoms with Gasteiger partial charge in [0, 0.05) is 18.5 Å². The van der Waals surface area contributed by atoms with Crippen molar-refractivity contribution < 1.29 is 22.8 Å². The van der Waals surface area contributed by atoms with Crippen molar-refractivity contribution in [2.45, 2.75) is 19.0 Å². The third kappa shape index (κ3) is 4.65. The van der Waals surface area contributed by atoms with E-state index in [2.05, 4.69) is 15.3 Å². The Labute approximate surface area is 190 Å². The molecule has 4 N–H and O–H groups in total.